The molecule has 0 spiro atoms. The summed E-state index contributed by atoms with van der Waals surface area (Å²) in [6.07, 6.45) is 2.05. The average Bonchev–Trinajstić information content (AvgIpc) is 2.59. The Morgan fingerprint density at radius 2 is 1.80 bits per heavy atom. The highest BCUT2D eigenvalue weighted by molar-refractivity contribution is 6.44. The van der Waals surface area contributed by atoms with Gasteiger partial charge in [0.15, 0.2) is 6.79 Å². The van der Waals surface area contributed by atoms with Crippen molar-refractivity contribution in [2.24, 2.45) is 10.9 Å². The van der Waals surface area contributed by atoms with Crippen LogP contribution in [0.5, 0.6) is 5.75 Å². The van der Waals surface area contributed by atoms with Gasteiger partial charge < -0.3 is 9.47 Å². The van der Waals surface area contributed by atoms with Gasteiger partial charge in [-0.25, -0.2) is 9.83 Å². The highest BCUT2D eigenvalue weighted by Crippen LogP contribution is 2.21. The third-order valence-corrected chi connectivity index (χ3v) is 3.41. The molecule has 7 nitrogen and oxygen atoms in total. The number of benzene rings is 1. The largest absolute Gasteiger partial charge is 0.497 e. The maximum Gasteiger partial charge on any atom is 0.303 e. The molecule has 1 aromatic rings. The SMILES string of the molecule is COCON1C(=O)C(CC(C)C)=N/C(=C/c2ccc(OC)cc2)C1=O. The Labute approximate surface area is 146 Å². The van der Waals surface area contributed by atoms with Crippen molar-refractivity contribution in [3.05, 3.63) is 35.5 Å². The number of methoxy groups -OCH3 is 2. The molecule has 1 aliphatic rings. The number of aliphatic imine (C=N–C) groups is 1. The molecular weight excluding hydrogens is 324 g/mol. The van der Waals surface area contributed by atoms with E-state index in [1.165, 1.54) is 7.11 Å². The highest BCUT2D eigenvalue weighted by atomic mass is 16.8. The molecule has 0 aromatic heterocycles. The van der Waals surface area contributed by atoms with E-state index in [1.54, 1.807) is 37.5 Å². The van der Waals surface area contributed by atoms with Gasteiger partial charge in [-0.15, -0.1) is 5.06 Å². The summed E-state index contributed by atoms with van der Waals surface area (Å²) in [6, 6.07) is 7.16. The molecule has 1 aromatic carbocycles. The summed E-state index contributed by atoms with van der Waals surface area (Å²) in [7, 11) is 2.99. The summed E-state index contributed by atoms with van der Waals surface area (Å²) >= 11 is 0. The van der Waals surface area contributed by atoms with Crippen LogP contribution in [0.4, 0.5) is 0 Å². The Bertz CT molecular complexity index is 692. The van der Waals surface area contributed by atoms with E-state index in [0.29, 0.717) is 17.2 Å². The summed E-state index contributed by atoms with van der Waals surface area (Å²) in [5.74, 6) is -0.253. The van der Waals surface area contributed by atoms with Crippen LogP contribution in [0.3, 0.4) is 0 Å². The second-order valence-corrected chi connectivity index (χ2v) is 5.90. The first kappa shape index (κ1) is 18.8. The van der Waals surface area contributed by atoms with E-state index >= 15 is 0 Å². The normalized spacial score (nSPS) is 16.6. The molecule has 0 aliphatic carbocycles. The Balaban J connectivity index is 2.37. The summed E-state index contributed by atoms with van der Waals surface area (Å²) < 4.78 is 9.91. The summed E-state index contributed by atoms with van der Waals surface area (Å²) in [4.78, 5) is 34.3. The standard InChI is InChI=1S/C18H22N2O5/c1-12(2)9-15-17(21)20(25-11-23-3)18(22)16(19-15)10-13-5-7-14(24-4)8-6-13/h5-8,10,12H,9,11H2,1-4H3/b16-10+. The molecule has 0 fully saturated rings. The number of nitrogens with zero attached hydrogens (tertiary/aromatic N) is 2. The number of hydroxylamine groups is 2. The predicted octanol–water partition coefficient (Wildman–Crippen LogP) is 2.43. The molecule has 0 saturated heterocycles. The van der Waals surface area contributed by atoms with E-state index in [1.807, 2.05) is 13.8 Å². The van der Waals surface area contributed by atoms with Gasteiger partial charge in [0.2, 0.25) is 0 Å². The van der Waals surface area contributed by atoms with Crippen molar-refractivity contribution in [1.29, 1.82) is 0 Å². The van der Waals surface area contributed by atoms with E-state index in [2.05, 4.69) is 4.99 Å². The van der Waals surface area contributed by atoms with Crippen molar-refractivity contribution < 1.29 is 23.9 Å². The minimum Gasteiger partial charge on any atom is -0.497 e. The van der Waals surface area contributed by atoms with Gasteiger partial charge >= 0.3 is 5.91 Å². The van der Waals surface area contributed by atoms with Crippen LogP contribution in [0.25, 0.3) is 6.08 Å². The fourth-order valence-electron chi connectivity index (χ4n) is 2.25. The third-order valence-electron chi connectivity index (χ3n) is 3.41. The number of carbonyl (C=O) groups excluding carboxylic acids is 2. The van der Waals surface area contributed by atoms with E-state index in [0.717, 1.165) is 5.56 Å². The van der Waals surface area contributed by atoms with Crippen LogP contribution in [-0.2, 0) is 19.2 Å². The first-order chi connectivity index (χ1) is 12.0. The molecule has 134 valence electrons. The number of rotatable bonds is 7. The minimum atomic E-state index is -0.620. The molecule has 0 radical (unpaired) electrons. The van der Waals surface area contributed by atoms with Gasteiger partial charge in [-0.05, 0) is 36.1 Å². The first-order valence-corrected chi connectivity index (χ1v) is 7.90. The molecule has 2 amide bonds. The molecule has 25 heavy (non-hydrogen) atoms. The first-order valence-electron chi connectivity index (χ1n) is 7.90. The molecule has 0 saturated carbocycles. The monoisotopic (exact) mass is 346 g/mol. The summed E-state index contributed by atoms with van der Waals surface area (Å²) in [5.41, 5.74) is 1.18. The lowest BCUT2D eigenvalue weighted by Gasteiger charge is -2.25. The van der Waals surface area contributed by atoms with Crippen molar-refractivity contribution in [2.75, 3.05) is 21.0 Å². The molecule has 0 atom stereocenters. The van der Waals surface area contributed by atoms with Crippen molar-refractivity contribution in [1.82, 2.24) is 5.06 Å². The molecule has 0 unspecified atom stereocenters. The maximum absolute atomic E-state index is 12.5. The lowest BCUT2D eigenvalue weighted by Crippen LogP contribution is -2.45. The molecule has 1 aliphatic heterocycles. The van der Waals surface area contributed by atoms with Crippen molar-refractivity contribution in [3.8, 4) is 5.75 Å². The average molecular weight is 346 g/mol. The van der Waals surface area contributed by atoms with Crippen molar-refractivity contribution in [2.45, 2.75) is 20.3 Å². The highest BCUT2D eigenvalue weighted by Gasteiger charge is 2.34. The maximum atomic E-state index is 12.5. The van der Waals surface area contributed by atoms with Crippen LogP contribution >= 0.6 is 0 Å². The van der Waals surface area contributed by atoms with Gasteiger partial charge in [-0.1, -0.05) is 26.0 Å². The van der Waals surface area contributed by atoms with Crippen molar-refractivity contribution in [3.63, 3.8) is 0 Å². The predicted molar refractivity (Wildman–Crippen MR) is 92.7 cm³/mol. The summed E-state index contributed by atoms with van der Waals surface area (Å²) in [6.45, 7) is 3.74. The zero-order valence-corrected chi connectivity index (χ0v) is 14.8. The summed E-state index contributed by atoms with van der Waals surface area (Å²) in [5, 5.41) is 0.712. The fraction of sp³-hybridized carbons (Fsp3) is 0.389. The van der Waals surface area contributed by atoms with Gasteiger partial charge in [-0.3, -0.25) is 9.59 Å². The van der Waals surface area contributed by atoms with Gasteiger partial charge in [0.05, 0.1) is 7.11 Å². The Morgan fingerprint density at radius 3 is 2.36 bits per heavy atom. The zero-order chi connectivity index (χ0) is 18.4. The van der Waals surface area contributed by atoms with E-state index in [9.17, 15) is 9.59 Å². The van der Waals surface area contributed by atoms with Gasteiger partial charge in [0.1, 0.15) is 17.2 Å². The second-order valence-electron chi connectivity index (χ2n) is 5.90. The van der Waals surface area contributed by atoms with E-state index in [4.69, 9.17) is 14.3 Å². The number of hydrogen-bond donors (Lipinski definition) is 0. The van der Waals surface area contributed by atoms with Gasteiger partial charge in [0, 0.05) is 7.11 Å². The smallest absolute Gasteiger partial charge is 0.303 e. The van der Waals surface area contributed by atoms with Crippen molar-refractivity contribution >= 4 is 23.6 Å². The minimum absolute atomic E-state index is 0.136. The molecule has 7 heteroatoms. The molecule has 0 N–H and O–H groups in total. The number of ether oxygens (including phenoxy) is 2. The van der Waals surface area contributed by atoms with Crippen LogP contribution in [0, 0.1) is 5.92 Å². The van der Waals surface area contributed by atoms with Crippen LogP contribution < -0.4 is 4.74 Å². The fourth-order valence-corrected chi connectivity index (χ4v) is 2.25. The quantitative estimate of drug-likeness (QED) is 0.430. The number of amides is 2. The topological polar surface area (TPSA) is 77.4 Å². The number of imide groups is 1. The molecular formula is C18H22N2O5. The Kier molecular flexibility index (Phi) is 6.44. The Morgan fingerprint density at radius 1 is 1.12 bits per heavy atom. The van der Waals surface area contributed by atoms with Crippen LogP contribution in [0.1, 0.15) is 25.8 Å². The van der Waals surface area contributed by atoms with Gasteiger partial charge in [-0.2, -0.15) is 0 Å². The molecule has 2 rings (SSSR count). The van der Waals surface area contributed by atoms with E-state index < -0.39 is 11.8 Å². The number of carbonyl (C=O) groups is 2. The lowest BCUT2D eigenvalue weighted by molar-refractivity contribution is -0.213. The lowest BCUT2D eigenvalue weighted by atomic mass is 10.0. The molecule has 1 heterocycles. The zero-order valence-electron chi connectivity index (χ0n) is 14.8. The molecule has 0 bridgehead atoms. The van der Waals surface area contributed by atoms with Crippen LogP contribution in [-0.4, -0.2) is 43.6 Å². The van der Waals surface area contributed by atoms with Crippen LogP contribution in [0.15, 0.2) is 35.0 Å². The number of hydrogen-bond acceptors (Lipinski definition) is 6. The second kappa shape index (κ2) is 8.55. The van der Waals surface area contributed by atoms with Crippen LogP contribution in [0.2, 0.25) is 0 Å². The van der Waals surface area contributed by atoms with Gasteiger partial charge in [0.25, 0.3) is 5.91 Å². The van der Waals surface area contributed by atoms with E-state index in [-0.39, 0.29) is 24.1 Å². The third kappa shape index (κ3) is 4.74. The Hall–Kier alpha value is -2.51.